The van der Waals surface area contributed by atoms with Crippen molar-refractivity contribution in [3.63, 3.8) is 0 Å². The van der Waals surface area contributed by atoms with Gasteiger partial charge >= 0.3 is 5.97 Å². The number of rotatable bonds is 5. The van der Waals surface area contributed by atoms with Crippen LogP contribution in [0, 0.1) is 11.3 Å². The van der Waals surface area contributed by atoms with Crippen molar-refractivity contribution >= 4 is 12.0 Å². The van der Waals surface area contributed by atoms with Gasteiger partial charge in [-0.3, -0.25) is 0 Å². The van der Waals surface area contributed by atoms with Gasteiger partial charge in [-0.1, -0.05) is 44.2 Å². The van der Waals surface area contributed by atoms with Crippen LogP contribution in [0.25, 0.3) is 6.08 Å². The van der Waals surface area contributed by atoms with Crippen molar-refractivity contribution in [1.29, 1.82) is 5.26 Å². The second-order valence-corrected chi connectivity index (χ2v) is 5.34. The van der Waals surface area contributed by atoms with E-state index in [4.69, 9.17) is 15.1 Å². The van der Waals surface area contributed by atoms with E-state index in [-0.39, 0.29) is 5.57 Å². The largest absolute Gasteiger partial charge is 0.477 e. The lowest BCUT2D eigenvalue weighted by molar-refractivity contribution is -0.132. The van der Waals surface area contributed by atoms with Crippen molar-refractivity contribution in [3.05, 3.63) is 65.2 Å². The van der Waals surface area contributed by atoms with Crippen molar-refractivity contribution in [1.82, 2.24) is 0 Å². The molecule has 23 heavy (non-hydrogen) atoms. The van der Waals surface area contributed by atoms with E-state index >= 15 is 0 Å². The van der Waals surface area contributed by atoms with Gasteiger partial charge in [-0.15, -0.1) is 0 Å². The quantitative estimate of drug-likeness (QED) is 0.647. The molecule has 0 aromatic heterocycles. The van der Waals surface area contributed by atoms with Gasteiger partial charge in [-0.2, -0.15) is 5.26 Å². The Hall–Kier alpha value is -3.06. The van der Waals surface area contributed by atoms with E-state index < -0.39 is 5.97 Å². The molecule has 0 unspecified atom stereocenters. The molecule has 2 rings (SSSR count). The monoisotopic (exact) mass is 307 g/mol. The predicted octanol–water partition coefficient (Wildman–Crippen LogP) is 4.59. The standard InChI is InChI=1S/C19H17NO3/c1-13(2)17-5-3-4-6-18(17)23-16-9-7-14(8-10-16)11-15(12-20)19(21)22/h3-11,13H,1-2H3,(H,21,22). The highest BCUT2D eigenvalue weighted by molar-refractivity contribution is 5.96. The van der Waals surface area contributed by atoms with E-state index in [0.717, 1.165) is 11.3 Å². The zero-order chi connectivity index (χ0) is 16.8. The van der Waals surface area contributed by atoms with E-state index in [9.17, 15) is 4.79 Å². The number of nitrogens with zero attached hydrogens (tertiary/aromatic N) is 1. The molecule has 116 valence electrons. The molecule has 0 bridgehead atoms. The van der Waals surface area contributed by atoms with E-state index in [0.29, 0.717) is 17.2 Å². The lowest BCUT2D eigenvalue weighted by Gasteiger charge is -2.13. The molecule has 0 saturated heterocycles. The lowest BCUT2D eigenvalue weighted by atomic mass is 10.0. The van der Waals surface area contributed by atoms with E-state index in [1.54, 1.807) is 30.3 Å². The Kier molecular flexibility index (Phi) is 5.16. The lowest BCUT2D eigenvalue weighted by Crippen LogP contribution is -1.97. The molecular weight excluding hydrogens is 290 g/mol. The van der Waals surface area contributed by atoms with E-state index in [1.165, 1.54) is 6.08 Å². The SMILES string of the molecule is CC(C)c1ccccc1Oc1ccc(C=C(C#N)C(=O)O)cc1. The summed E-state index contributed by atoms with van der Waals surface area (Å²) in [5.74, 6) is 0.568. The number of hydrogen-bond acceptors (Lipinski definition) is 3. The molecule has 0 aliphatic heterocycles. The fourth-order valence-electron chi connectivity index (χ4n) is 2.12. The number of ether oxygens (including phenoxy) is 1. The summed E-state index contributed by atoms with van der Waals surface area (Å²) in [7, 11) is 0. The number of carbonyl (C=O) groups is 1. The summed E-state index contributed by atoms with van der Waals surface area (Å²) in [6, 6.07) is 16.4. The fourth-order valence-corrected chi connectivity index (χ4v) is 2.12. The number of nitriles is 1. The van der Waals surface area contributed by atoms with Crippen LogP contribution in [-0.2, 0) is 4.79 Å². The Balaban J connectivity index is 2.22. The number of carboxylic acid groups (broad SMARTS) is 1. The molecule has 0 saturated carbocycles. The Bertz CT molecular complexity index is 768. The molecule has 4 nitrogen and oxygen atoms in total. The van der Waals surface area contributed by atoms with Gasteiger partial charge < -0.3 is 9.84 Å². The third kappa shape index (κ3) is 4.21. The topological polar surface area (TPSA) is 70.3 Å². The molecule has 0 atom stereocenters. The summed E-state index contributed by atoms with van der Waals surface area (Å²) >= 11 is 0. The fraction of sp³-hybridized carbons (Fsp3) is 0.158. The van der Waals surface area contributed by atoms with Gasteiger partial charge in [0.05, 0.1) is 0 Å². The number of aliphatic carboxylic acids is 1. The number of para-hydroxylation sites is 1. The molecule has 0 heterocycles. The molecule has 0 aliphatic carbocycles. The average molecular weight is 307 g/mol. The molecule has 0 fully saturated rings. The van der Waals surface area contributed by atoms with Gasteiger partial charge in [-0.05, 0) is 41.3 Å². The first kappa shape index (κ1) is 16.3. The van der Waals surface area contributed by atoms with Crippen LogP contribution >= 0.6 is 0 Å². The summed E-state index contributed by atoms with van der Waals surface area (Å²) in [6.07, 6.45) is 1.33. The molecule has 0 spiro atoms. The van der Waals surface area contributed by atoms with Crippen LogP contribution in [0.15, 0.2) is 54.1 Å². The molecule has 0 radical (unpaired) electrons. The Morgan fingerprint density at radius 2 is 1.83 bits per heavy atom. The van der Waals surface area contributed by atoms with Crippen LogP contribution in [0.4, 0.5) is 0 Å². The van der Waals surface area contributed by atoms with Crippen LogP contribution in [0.1, 0.15) is 30.9 Å². The number of carboxylic acids is 1. The number of hydrogen-bond donors (Lipinski definition) is 1. The highest BCUT2D eigenvalue weighted by Gasteiger charge is 2.08. The second kappa shape index (κ2) is 7.28. The first-order valence-corrected chi connectivity index (χ1v) is 7.23. The first-order chi connectivity index (χ1) is 11.0. The third-order valence-corrected chi connectivity index (χ3v) is 3.31. The second-order valence-electron chi connectivity index (χ2n) is 5.34. The first-order valence-electron chi connectivity index (χ1n) is 7.23. The van der Waals surface area contributed by atoms with Gasteiger partial charge in [0.25, 0.3) is 0 Å². The summed E-state index contributed by atoms with van der Waals surface area (Å²) in [5, 5.41) is 17.6. The van der Waals surface area contributed by atoms with Crippen LogP contribution in [0.3, 0.4) is 0 Å². The van der Waals surface area contributed by atoms with Crippen molar-refractivity contribution in [2.75, 3.05) is 0 Å². The summed E-state index contributed by atoms with van der Waals surface area (Å²) in [4.78, 5) is 10.8. The van der Waals surface area contributed by atoms with Gasteiger partial charge in [0.1, 0.15) is 23.1 Å². The van der Waals surface area contributed by atoms with Crippen molar-refractivity contribution < 1.29 is 14.6 Å². The summed E-state index contributed by atoms with van der Waals surface area (Å²) in [6.45, 7) is 4.21. The van der Waals surface area contributed by atoms with Crippen LogP contribution < -0.4 is 4.74 Å². The van der Waals surface area contributed by atoms with Crippen LogP contribution in [-0.4, -0.2) is 11.1 Å². The molecule has 4 heteroatoms. The summed E-state index contributed by atoms with van der Waals surface area (Å²) < 4.78 is 5.90. The average Bonchev–Trinajstić information content (AvgIpc) is 2.54. The van der Waals surface area contributed by atoms with Gasteiger partial charge in [0.2, 0.25) is 0 Å². The minimum Gasteiger partial charge on any atom is -0.477 e. The minimum atomic E-state index is -1.24. The van der Waals surface area contributed by atoms with E-state index in [2.05, 4.69) is 13.8 Å². The maximum atomic E-state index is 10.8. The molecule has 0 amide bonds. The maximum Gasteiger partial charge on any atom is 0.346 e. The van der Waals surface area contributed by atoms with Gasteiger partial charge in [-0.25, -0.2) is 4.79 Å². The van der Waals surface area contributed by atoms with Crippen molar-refractivity contribution in [2.45, 2.75) is 19.8 Å². The minimum absolute atomic E-state index is 0.302. The number of benzene rings is 2. The van der Waals surface area contributed by atoms with Gasteiger partial charge in [0, 0.05) is 0 Å². The smallest absolute Gasteiger partial charge is 0.346 e. The maximum absolute atomic E-state index is 10.8. The molecule has 0 aliphatic rings. The molecular formula is C19H17NO3. The van der Waals surface area contributed by atoms with Crippen LogP contribution in [0.5, 0.6) is 11.5 Å². The summed E-state index contributed by atoms with van der Waals surface area (Å²) in [5.41, 5.74) is 1.45. The molecule has 2 aromatic carbocycles. The predicted molar refractivity (Wildman–Crippen MR) is 88.3 cm³/mol. The normalized spacial score (nSPS) is 11.1. The van der Waals surface area contributed by atoms with Crippen LogP contribution in [0.2, 0.25) is 0 Å². The Labute approximate surface area is 135 Å². The Morgan fingerprint density at radius 3 is 2.39 bits per heavy atom. The third-order valence-electron chi connectivity index (χ3n) is 3.31. The molecule has 2 aromatic rings. The molecule has 1 N–H and O–H groups in total. The zero-order valence-electron chi connectivity index (χ0n) is 13.0. The van der Waals surface area contributed by atoms with Crippen molar-refractivity contribution in [3.8, 4) is 17.6 Å². The zero-order valence-corrected chi connectivity index (χ0v) is 13.0. The highest BCUT2D eigenvalue weighted by Crippen LogP contribution is 2.30. The highest BCUT2D eigenvalue weighted by atomic mass is 16.5. The van der Waals surface area contributed by atoms with Gasteiger partial charge in [0.15, 0.2) is 0 Å². The van der Waals surface area contributed by atoms with Crippen molar-refractivity contribution in [2.24, 2.45) is 0 Å². The van der Waals surface area contributed by atoms with E-state index in [1.807, 2.05) is 24.3 Å². The Morgan fingerprint density at radius 1 is 1.17 bits per heavy atom.